The van der Waals surface area contributed by atoms with E-state index < -0.39 is 0 Å². The van der Waals surface area contributed by atoms with Gasteiger partial charge in [0.05, 0.1) is 6.10 Å². The van der Waals surface area contributed by atoms with Crippen molar-refractivity contribution in [3.8, 4) is 0 Å². The molecule has 5 nitrogen and oxygen atoms in total. The Balaban J connectivity index is 2.23. The lowest BCUT2D eigenvalue weighted by atomic mass is 10.1. The van der Waals surface area contributed by atoms with E-state index in [9.17, 15) is 0 Å². The number of oxime groups is 1. The number of ether oxygens (including phenoxy) is 1. The van der Waals surface area contributed by atoms with Gasteiger partial charge in [-0.1, -0.05) is 19.0 Å². The zero-order valence-corrected chi connectivity index (χ0v) is 12.3. The van der Waals surface area contributed by atoms with Gasteiger partial charge in [0.25, 0.3) is 0 Å². The maximum atomic E-state index is 8.58. The molecule has 0 spiro atoms. The topological polar surface area (TPSA) is 71.1 Å². The molecule has 0 aromatic heterocycles. The van der Waals surface area contributed by atoms with Gasteiger partial charge in [-0.25, -0.2) is 0 Å². The SMILES string of the molecule is CC(C)CN(CCCC1CCCO1)CCC(N)=NO. The van der Waals surface area contributed by atoms with E-state index in [-0.39, 0.29) is 0 Å². The molecular formula is C14H29N3O2. The van der Waals surface area contributed by atoms with E-state index in [4.69, 9.17) is 15.7 Å². The molecule has 0 aliphatic carbocycles. The van der Waals surface area contributed by atoms with E-state index in [0.717, 1.165) is 39.1 Å². The molecule has 0 amide bonds. The highest BCUT2D eigenvalue weighted by atomic mass is 16.5. The van der Waals surface area contributed by atoms with Crippen LogP contribution in [0.1, 0.15) is 46.0 Å². The summed E-state index contributed by atoms with van der Waals surface area (Å²) < 4.78 is 5.64. The Labute approximate surface area is 116 Å². The van der Waals surface area contributed by atoms with Crippen molar-refractivity contribution in [3.63, 3.8) is 0 Å². The lowest BCUT2D eigenvalue weighted by Gasteiger charge is -2.24. The highest BCUT2D eigenvalue weighted by Gasteiger charge is 2.16. The van der Waals surface area contributed by atoms with Gasteiger partial charge in [-0.3, -0.25) is 0 Å². The molecular weight excluding hydrogens is 242 g/mol. The molecule has 1 fully saturated rings. The minimum atomic E-state index is 0.313. The Kier molecular flexibility index (Phi) is 7.82. The average Bonchev–Trinajstić information content (AvgIpc) is 2.87. The second kappa shape index (κ2) is 9.15. The third-order valence-corrected chi connectivity index (χ3v) is 3.46. The highest BCUT2D eigenvalue weighted by molar-refractivity contribution is 5.79. The number of amidine groups is 1. The quantitative estimate of drug-likeness (QED) is 0.291. The van der Waals surface area contributed by atoms with Crippen molar-refractivity contribution in [2.24, 2.45) is 16.8 Å². The fraction of sp³-hybridized carbons (Fsp3) is 0.929. The van der Waals surface area contributed by atoms with Crippen LogP contribution in [0, 0.1) is 5.92 Å². The van der Waals surface area contributed by atoms with Gasteiger partial charge in [0, 0.05) is 26.1 Å². The fourth-order valence-corrected chi connectivity index (χ4v) is 2.55. The van der Waals surface area contributed by atoms with Gasteiger partial charge in [-0.05, 0) is 38.1 Å². The molecule has 3 N–H and O–H groups in total. The van der Waals surface area contributed by atoms with Gasteiger partial charge in [0.1, 0.15) is 5.84 Å². The van der Waals surface area contributed by atoms with Gasteiger partial charge >= 0.3 is 0 Å². The second-order valence-electron chi connectivity index (χ2n) is 5.81. The Hall–Kier alpha value is -0.810. The third kappa shape index (κ3) is 7.38. The molecule has 1 atom stereocenters. The van der Waals surface area contributed by atoms with E-state index in [0.29, 0.717) is 24.3 Å². The van der Waals surface area contributed by atoms with Crippen molar-refractivity contribution >= 4 is 5.84 Å². The highest BCUT2D eigenvalue weighted by Crippen LogP contribution is 2.17. The summed E-state index contributed by atoms with van der Waals surface area (Å²) in [6, 6.07) is 0. The molecule has 1 unspecified atom stereocenters. The van der Waals surface area contributed by atoms with Crippen molar-refractivity contribution < 1.29 is 9.94 Å². The van der Waals surface area contributed by atoms with Crippen LogP contribution in [0.15, 0.2) is 5.16 Å². The van der Waals surface area contributed by atoms with Crippen molar-refractivity contribution in [1.82, 2.24) is 4.90 Å². The van der Waals surface area contributed by atoms with Gasteiger partial charge in [0.2, 0.25) is 0 Å². The van der Waals surface area contributed by atoms with Gasteiger partial charge in [-0.15, -0.1) is 0 Å². The Morgan fingerprint density at radius 3 is 2.84 bits per heavy atom. The zero-order chi connectivity index (χ0) is 14.1. The summed E-state index contributed by atoms with van der Waals surface area (Å²) in [7, 11) is 0. The lowest BCUT2D eigenvalue weighted by molar-refractivity contribution is 0.0982. The number of rotatable bonds is 9. The molecule has 19 heavy (non-hydrogen) atoms. The van der Waals surface area contributed by atoms with Crippen LogP contribution in [-0.4, -0.2) is 48.3 Å². The molecule has 0 aromatic carbocycles. The summed E-state index contributed by atoms with van der Waals surface area (Å²) in [5.74, 6) is 0.947. The first-order valence-corrected chi connectivity index (χ1v) is 7.42. The molecule has 1 heterocycles. The predicted octanol–water partition coefficient (Wildman–Crippen LogP) is 2.04. The normalized spacial score (nSPS) is 20.6. The Morgan fingerprint density at radius 2 is 2.26 bits per heavy atom. The van der Waals surface area contributed by atoms with E-state index in [1.54, 1.807) is 0 Å². The van der Waals surface area contributed by atoms with Crippen molar-refractivity contribution in [3.05, 3.63) is 0 Å². The maximum Gasteiger partial charge on any atom is 0.140 e. The monoisotopic (exact) mass is 271 g/mol. The molecule has 1 aliphatic heterocycles. The summed E-state index contributed by atoms with van der Waals surface area (Å²) in [6.07, 6.45) is 5.84. The van der Waals surface area contributed by atoms with Crippen LogP contribution < -0.4 is 5.73 Å². The van der Waals surface area contributed by atoms with E-state index in [1.807, 2.05) is 0 Å². The molecule has 0 aromatic rings. The first-order valence-electron chi connectivity index (χ1n) is 7.42. The van der Waals surface area contributed by atoms with Crippen LogP contribution in [0.25, 0.3) is 0 Å². The first-order chi connectivity index (χ1) is 9.11. The molecule has 1 aliphatic rings. The van der Waals surface area contributed by atoms with Crippen LogP contribution in [0.2, 0.25) is 0 Å². The maximum absolute atomic E-state index is 8.58. The number of hydrogen-bond donors (Lipinski definition) is 2. The van der Waals surface area contributed by atoms with E-state index in [1.165, 1.54) is 12.8 Å². The summed E-state index contributed by atoms with van der Waals surface area (Å²) in [5.41, 5.74) is 5.53. The van der Waals surface area contributed by atoms with Crippen molar-refractivity contribution in [1.29, 1.82) is 0 Å². The smallest absolute Gasteiger partial charge is 0.140 e. The number of nitrogens with zero attached hydrogens (tertiary/aromatic N) is 2. The molecule has 0 saturated carbocycles. The molecule has 5 heteroatoms. The minimum absolute atomic E-state index is 0.313. The summed E-state index contributed by atoms with van der Waals surface area (Å²) in [4.78, 5) is 2.40. The fourth-order valence-electron chi connectivity index (χ4n) is 2.55. The Bertz CT molecular complexity index is 263. The summed E-state index contributed by atoms with van der Waals surface area (Å²) in [6.45, 7) is 8.36. The molecule has 1 rings (SSSR count). The van der Waals surface area contributed by atoms with Crippen LogP contribution in [-0.2, 0) is 4.74 Å². The summed E-state index contributed by atoms with van der Waals surface area (Å²) >= 11 is 0. The largest absolute Gasteiger partial charge is 0.409 e. The number of hydrogen-bond acceptors (Lipinski definition) is 4. The molecule has 0 bridgehead atoms. The van der Waals surface area contributed by atoms with Crippen LogP contribution in [0.5, 0.6) is 0 Å². The molecule has 112 valence electrons. The van der Waals surface area contributed by atoms with Crippen LogP contribution >= 0.6 is 0 Å². The Morgan fingerprint density at radius 1 is 1.47 bits per heavy atom. The van der Waals surface area contributed by atoms with Gasteiger partial charge < -0.3 is 20.6 Å². The lowest BCUT2D eigenvalue weighted by Crippen LogP contribution is -2.32. The van der Waals surface area contributed by atoms with Crippen LogP contribution in [0.3, 0.4) is 0 Å². The number of nitrogens with two attached hydrogens (primary N) is 1. The summed E-state index contributed by atoms with van der Waals surface area (Å²) in [5, 5.41) is 11.6. The van der Waals surface area contributed by atoms with Gasteiger partial charge in [0.15, 0.2) is 0 Å². The minimum Gasteiger partial charge on any atom is -0.409 e. The zero-order valence-electron chi connectivity index (χ0n) is 12.3. The third-order valence-electron chi connectivity index (χ3n) is 3.46. The van der Waals surface area contributed by atoms with E-state index in [2.05, 4.69) is 23.9 Å². The second-order valence-corrected chi connectivity index (χ2v) is 5.81. The molecule has 1 saturated heterocycles. The van der Waals surface area contributed by atoms with Gasteiger partial charge in [-0.2, -0.15) is 0 Å². The average molecular weight is 271 g/mol. The van der Waals surface area contributed by atoms with Crippen LogP contribution in [0.4, 0.5) is 0 Å². The standard InChI is InChI=1S/C14H29N3O2/c1-12(2)11-17(9-7-14(15)16-18)8-3-5-13-6-4-10-19-13/h12-13,18H,3-11H2,1-2H3,(H2,15,16). The van der Waals surface area contributed by atoms with Crippen molar-refractivity contribution in [2.45, 2.75) is 52.1 Å². The first kappa shape index (κ1) is 16.2. The van der Waals surface area contributed by atoms with Crippen molar-refractivity contribution in [2.75, 3.05) is 26.2 Å². The molecule has 0 radical (unpaired) electrons. The predicted molar refractivity (Wildman–Crippen MR) is 77.5 cm³/mol. The van der Waals surface area contributed by atoms with E-state index >= 15 is 0 Å².